The van der Waals surface area contributed by atoms with Crippen molar-refractivity contribution in [2.45, 2.75) is 54.4 Å². The van der Waals surface area contributed by atoms with Gasteiger partial charge in [-0.15, -0.1) is 0 Å². The van der Waals surface area contributed by atoms with Gasteiger partial charge in [0.1, 0.15) is 5.75 Å². The lowest BCUT2D eigenvalue weighted by atomic mass is 9.87. The minimum absolute atomic E-state index is 0.0907. The fourth-order valence-corrected chi connectivity index (χ4v) is 3.19. The minimum Gasteiger partial charge on any atom is -0.493 e. The van der Waals surface area contributed by atoms with E-state index in [1.807, 2.05) is 58.9 Å². The van der Waals surface area contributed by atoms with E-state index in [0.29, 0.717) is 18.1 Å². The van der Waals surface area contributed by atoms with Crippen molar-refractivity contribution < 1.29 is 9.53 Å². The van der Waals surface area contributed by atoms with Crippen LogP contribution in [-0.2, 0) is 4.79 Å². The maximum Gasteiger partial charge on any atom is 0.231 e. The Kier molecular flexibility index (Phi) is 7.80. The van der Waals surface area contributed by atoms with E-state index >= 15 is 0 Å². The summed E-state index contributed by atoms with van der Waals surface area (Å²) in [6, 6.07) is 12.2. The number of rotatable bonds is 7. The molecule has 0 aliphatic heterocycles. The molecule has 156 valence electrons. The smallest absolute Gasteiger partial charge is 0.231 e. The van der Waals surface area contributed by atoms with E-state index in [1.54, 1.807) is 0 Å². The number of thiocarbonyl (C=S) groups is 1. The van der Waals surface area contributed by atoms with Crippen LogP contribution in [0.25, 0.3) is 0 Å². The number of carbonyl (C=O) groups excluding carboxylic acids is 1. The summed E-state index contributed by atoms with van der Waals surface area (Å²) in [5, 5.41) is 6.28. The Hall–Kier alpha value is -2.40. The van der Waals surface area contributed by atoms with Crippen LogP contribution in [0.4, 0.5) is 5.69 Å². The molecule has 0 spiro atoms. The van der Waals surface area contributed by atoms with Gasteiger partial charge in [0.25, 0.3) is 0 Å². The molecule has 0 unspecified atom stereocenters. The second kappa shape index (κ2) is 9.88. The highest BCUT2D eigenvalue weighted by molar-refractivity contribution is 7.80. The summed E-state index contributed by atoms with van der Waals surface area (Å²) in [5.41, 5.74) is 4.96. The predicted octanol–water partition coefficient (Wildman–Crippen LogP) is 5.62. The Labute approximate surface area is 180 Å². The van der Waals surface area contributed by atoms with Crippen LogP contribution in [0, 0.1) is 33.1 Å². The Morgan fingerprint density at radius 1 is 1.07 bits per heavy atom. The maximum absolute atomic E-state index is 12.7. The highest BCUT2D eigenvalue weighted by Crippen LogP contribution is 2.24. The number of aryl methyl sites for hydroxylation is 3. The minimum atomic E-state index is -0.543. The summed E-state index contributed by atoms with van der Waals surface area (Å²) in [5.74, 6) is 0.818. The zero-order chi connectivity index (χ0) is 21.6. The van der Waals surface area contributed by atoms with E-state index < -0.39 is 5.41 Å². The molecule has 0 heterocycles. The van der Waals surface area contributed by atoms with Crippen molar-refractivity contribution in [3.05, 3.63) is 58.7 Å². The molecule has 5 heteroatoms. The van der Waals surface area contributed by atoms with Gasteiger partial charge >= 0.3 is 0 Å². The third-order valence-corrected chi connectivity index (χ3v) is 5.45. The summed E-state index contributed by atoms with van der Waals surface area (Å²) in [7, 11) is 0. The second-order valence-electron chi connectivity index (χ2n) is 8.26. The van der Waals surface area contributed by atoms with Crippen molar-refractivity contribution in [1.29, 1.82) is 0 Å². The molecule has 0 aromatic heterocycles. The summed E-state index contributed by atoms with van der Waals surface area (Å²) >= 11 is 5.34. The first-order chi connectivity index (χ1) is 13.6. The van der Waals surface area contributed by atoms with Gasteiger partial charge in [0.15, 0.2) is 5.11 Å². The molecule has 2 rings (SSSR count). The molecule has 2 aromatic rings. The molecule has 0 aliphatic rings. The number of hydrogen-bond donors (Lipinski definition) is 2. The molecule has 29 heavy (non-hydrogen) atoms. The average Bonchev–Trinajstić information content (AvgIpc) is 2.65. The van der Waals surface area contributed by atoms with E-state index in [1.165, 1.54) is 11.1 Å². The van der Waals surface area contributed by atoms with Crippen LogP contribution in [0.1, 0.15) is 48.9 Å². The molecule has 1 amide bonds. The first kappa shape index (κ1) is 22.9. The van der Waals surface area contributed by atoms with Gasteiger partial charge in [-0.3, -0.25) is 4.79 Å². The van der Waals surface area contributed by atoms with Gasteiger partial charge in [0.05, 0.1) is 6.61 Å². The summed E-state index contributed by atoms with van der Waals surface area (Å²) in [4.78, 5) is 12.7. The number of benzene rings is 2. The van der Waals surface area contributed by atoms with E-state index in [9.17, 15) is 4.79 Å². The summed E-state index contributed by atoms with van der Waals surface area (Å²) in [6.07, 6.45) is 1.49. The third-order valence-electron chi connectivity index (χ3n) is 5.24. The molecule has 0 atom stereocenters. The van der Waals surface area contributed by atoms with Crippen LogP contribution in [0.2, 0.25) is 0 Å². The fourth-order valence-electron chi connectivity index (χ4n) is 2.98. The van der Waals surface area contributed by atoms with E-state index in [4.69, 9.17) is 17.0 Å². The average molecular weight is 413 g/mol. The van der Waals surface area contributed by atoms with Crippen LogP contribution in [0.3, 0.4) is 0 Å². The number of amides is 1. The topological polar surface area (TPSA) is 50.4 Å². The van der Waals surface area contributed by atoms with Crippen LogP contribution < -0.4 is 15.4 Å². The predicted molar refractivity (Wildman–Crippen MR) is 125 cm³/mol. The molecular weight excluding hydrogens is 380 g/mol. The van der Waals surface area contributed by atoms with Crippen molar-refractivity contribution in [2.24, 2.45) is 5.41 Å². The molecule has 0 fully saturated rings. The van der Waals surface area contributed by atoms with Gasteiger partial charge in [-0.25, -0.2) is 0 Å². The van der Waals surface area contributed by atoms with Crippen molar-refractivity contribution >= 4 is 28.9 Å². The molecule has 0 bridgehead atoms. The Morgan fingerprint density at radius 3 is 2.52 bits per heavy atom. The van der Waals surface area contributed by atoms with Crippen LogP contribution in [0.15, 0.2) is 36.4 Å². The molecule has 0 aliphatic carbocycles. The monoisotopic (exact) mass is 412 g/mol. The highest BCUT2D eigenvalue weighted by atomic mass is 32.1. The van der Waals surface area contributed by atoms with Crippen molar-refractivity contribution in [1.82, 2.24) is 5.32 Å². The first-order valence-corrected chi connectivity index (χ1v) is 10.4. The number of hydrogen-bond acceptors (Lipinski definition) is 3. The van der Waals surface area contributed by atoms with Gasteiger partial charge in [-0.05, 0) is 87.1 Å². The number of anilines is 1. The fraction of sp³-hybridized carbons (Fsp3) is 0.417. The summed E-state index contributed by atoms with van der Waals surface area (Å²) < 4.78 is 5.91. The standard InChI is InChI=1S/C24H32N2O2S/c1-16-11-12-18(3)21(15-16)28-14-8-13-24(5,6)22(27)26-23(29)25-20-10-7-9-17(2)19(20)4/h7,9-12,15H,8,13-14H2,1-6H3,(H2,25,26,27,29). The Morgan fingerprint density at radius 2 is 1.79 bits per heavy atom. The number of nitrogens with one attached hydrogen (secondary N) is 2. The molecule has 0 saturated heterocycles. The van der Waals surface area contributed by atoms with E-state index in [0.717, 1.165) is 29.0 Å². The van der Waals surface area contributed by atoms with Crippen LogP contribution in [0.5, 0.6) is 5.75 Å². The van der Waals surface area contributed by atoms with Crippen LogP contribution in [-0.4, -0.2) is 17.6 Å². The largest absolute Gasteiger partial charge is 0.493 e. The zero-order valence-electron chi connectivity index (χ0n) is 18.3. The highest BCUT2D eigenvalue weighted by Gasteiger charge is 2.28. The van der Waals surface area contributed by atoms with Gasteiger partial charge < -0.3 is 15.4 Å². The summed E-state index contributed by atoms with van der Waals surface area (Å²) in [6.45, 7) is 12.6. The third kappa shape index (κ3) is 6.57. The molecule has 0 saturated carbocycles. The lowest BCUT2D eigenvalue weighted by molar-refractivity contribution is -0.128. The zero-order valence-corrected chi connectivity index (χ0v) is 19.1. The first-order valence-electron chi connectivity index (χ1n) is 9.99. The Balaban J connectivity index is 1.83. The lowest BCUT2D eigenvalue weighted by Crippen LogP contribution is -2.42. The van der Waals surface area contributed by atoms with Crippen LogP contribution >= 0.6 is 12.2 Å². The van der Waals surface area contributed by atoms with Crippen molar-refractivity contribution in [3.8, 4) is 5.75 Å². The maximum atomic E-state index is 12.7. The molecular formula is C24H32N2O2S. The van der Waals surface area contributed by atoms with Gasteiger partial charge in [0, 0.05) is 11.1 Å². The number of carbonyl (C=O) groups is 1. The molecule has 2 N–H and O–H groups in total. The van der Waals surface area contributed by atoms with Gasteiger partial charge in [0.2, 0.25) is 5.91 Å². The van der Waals surface area contributed by atoms with Gasteiger partial charge in [-0.2, -0.15) is 0 Å². The second-order valence-corrected chi connectivity index (χ2v) is 8.67. The van der Waals surface area contributed by atoms with Gasteiger partial charge in [-0.1, -0.05) is 38.1 Å². The molecule has 4 nitrogen and oxygen atoms in total. The lowest BCUT2D eigenvalue weighted by Gasteiger charge is -2.24. The Bertz CT molecular complexity index is 890. The quantitative estimate of drug-likeness (QED) is 0.458. The molecule has 2 aromatic carbocycles. The van der Waals surface area contributed by atoms with E-state index in [-0.39, 0.29) is 5.91 Å². The van der Waals surface area contributed by atoms with Crippen molar-refractivity contribution in [3.63, 3.8) is 0 Å². The number of ether oxygens (including phenoxy) is 1. The molecule has 0 radical (unpaired) electrons. The van der Waals surface area contributed by atoms with E-state index in [2.05, 4.69) is 29.7 Å². The SMILES string of the molecule is Cc1ccc(C)c(OCCCC(C)(C)C(=O)NC(=S)Nc2cccc(C)c2C)c1. The normalized spacial score (nSPS) is 11.1. The van der Waals surface area contributed by atoms with Crippen molar-refractivity contribution in [2.75, 3.05) is 11.9 Å².